The molecular formula is C18H19NO2. The second-order valence-corrected chi connectivity index (χ2v) is 5.33. The number of hydrogen-bond donors (Lipinski definition) is 1. The van der Waals surface area contributed by atoms with Crippen LogP contribution in [0.5, 0.6) is 0 Å². The van der Waals surface area contributed by atoms with Crippen molar-refractivity contribution in [1.82, 2.24) is 5.32 Å². The standard InChI is InChI=1S/C18H19NO2/c1-21-17(14-8-3-2-4-9-14)18(20)19-16-12-11-13-7-5-6-10-15(13)16/h2-10,16-17H,11-12H2,1H3,(H,19,20)/t16-,17?/m0/s1. The fraction of sp³-hybridized carbons (Fsp3) is 0.278. The van der Waals surface area contributed by atoms with E-state index < -0.39 is 6.10 Å². The van der Waals surface area contributed by atoms with Gasteiger partial charge >= 0.3 is 0 Å². The Morgan fingerprint density at radius 1 is 1.14 bits per heavy atom. The van der Waals surface area contributed by atoms with E-state index in [2.05, 4.69) is 17.4 Å². The van der Waals surface area contributed by atoms with Crippen LogP contribution in [0.25, 0.3) is 0 Å². The lowest BCUT2D eigenvalue weighted by Crippen LogP contribution is -2.32. The Morgan fingerprint density at radius 3 is 2.62 bits per heavy atom. The van der Waals surface area contributed by atoms with Crippen LogP contribution in [-0.2, 0) is 16.0 Å². The smallest absolute Gasteiger partial charge is 0.254 e. The molecule has 0 spiro atoms. The van der Waals surface area contributed by atoms with Crippen molar-refractivity contribution < 1.29 is 9.53 Å². The van der Waals surface area contributed by atoms with Gasteiger partial charge in [0.2, 0.25) is 0 Å². The van der Waals surface area contributed by atoms with E-state index in [9.17, 15) is 4.79 Å². The third-order valence-corrected chi connectivity index (χ3v) is 4.03. The maximum atomic E-state index is 12.5. The minimum absolute atomic E-state index is 0.0783. The highest BCUT2D eigenvalue weighted by Gasteiger charge is 2.27. The first-order valence-corrected chi connectivity index (χ1v) is 7.25. The predicted octanol–water partition coefficient (Wildman–Crippen LogP) is 3.18. The first kappa shape index (κ1) is 13.8. The minimum atomic E-state index is -0.557. The molecule has 1 unspecified atom stereocenters. The van der Waals surface area contributed by atoms with E-state index in [4.69, 9.17) is 4.74 Å². The molecule has 108 valence electrons. The third-order valence-electron chi connectivity index (χ3n) is 4.03. The Morgan fingerprint density at radius 2 is 1.86 bits per heavy atom. The lowest BCUT2D eigenvalue weighted by molar-refractivity contribution is -0.132. The van der Waals surface area contributed by atoms with Crippen molar-refractivity contribution in [3.05, 3.63) is 71.3 Å². The highest BCUT2D eigenvalue weighted by molar-refractivity contribution is 5.82. The van der Waals surface area contributed by atoms with Gasteiger partial charge in [0.25, 0.3) is 5.91 Å². The molecule has 3 heteroatoms. The molecule has 1 aliphatic carbocycles. The maximum Gasteiger partial charge on any atom is 0.254 e. The number of carbonyl (C=O) groups excluding carboxylic acids is 1. The molecule has 0 aliphatic heterocycles. The summed E-state index contributed by atoms with van der Waals surface area (Å²) in [5.74, 6) is -0.0783. The van der Waals surface area contributed by atoms with Crippen molar-refractivity contribution in [2.75, 3.05) is 7.11 Å². The quantitative estimate of drug-likeness (QED) is 0.934. The number of rotatable bonds is 4. The second-order valence-electron chi connectivity index (χ2n) is 5.33. The van der Waals surface area contributed by atoms with Crippen molar-refractivity contribution in [2.24, 2.45) is 0 Å². The van der Waals surface area contributed by atoms with Gasteiger partial charge in [-0.3, -0.25) is 4.79 Å². The van der Waals surface area contributed by atoms with E-state index in [1.807, 2.05) is 42.5 Å². The molecule has 1 aliphatic rings. The molecule has 2 atom stereocenters. The number of carbonyl (C=O) groups is 1. The fourth-order valence-corrected chi connectivity index (χ4v) is 2.98. The number of fused-ring (bicyclic) bond motifs is 1. The molecule has 1 amide bonds. The summed E-state index contributed by atoms with van der Waals surface area (Å²) in [6, 6.07) is 18.0. The molecule has 21 heavy (non-hydrogen) atoms. The lowest BCUT2D eigenvalue weighted by Gasteiger charge is -2.20. The Kier molecular flexibility index (Phi) is 4.02. The third kappa shape index (κ3) is 2.83. The molecule has 2 aromatic rings. The number of hydrogen-bond acceptors (Lipinski definition) is 2. The van der Waals surface area contributed by atoms with Crippen LogP contribution in [0.2, 0.25) is 0 Å². The van der Waals surface area contributed by atoms with Crippen molar-refractivity contribution in [1.29, 1.82) is 0 Å². The first-order valence-electron chi connectivity index (χ1n) is 7.25. The van der Waals surface area contributed by atoms with Crippen LogP contribution >= 0.6 is 0 Å². The summed E-state index contributed by atoms with van der Waals surface area (Å²) in [6.07, 6.45) is 1.42. The molecule has 0 heterocycles. The van der Waals surface area contributed by atoms with E-state index >= 15 is 0 Å². The highest BCUT2D eigenvalue weighted by atomic mass is 16.5. The zero-order valence-electron chi connectivity index (χ0n) is 12.1. The monoisotopic (exact) mass is 281 g/mol. The summed E-state index contributed by atoms with van der Waals surface area (Å²) in [6.45, 7) is 0. The van der Waals surface area contributed by atoms with Crippen LogP contribution in [0.15, 0.2) is 54.6 Å². The van der Waals surface area contributed by atoms with Crippen molar-refractivity contribution in [3.63, 3.8) is 0 Å². The summed E-state index contributed by atoms with van der Waals surface area (Å²) < 4.78 is 5.38. The van der Waals surface area contributed by atoms with Gasteiger partial charge in [0, 0.05) is 7.11 Å². The molecule has 0 radical (unpaired) electrons. The van der Waals surface area contributed by atoms with E-state index in [0.717, 1.165) is 18.4 Å². The number of ether oxygens (including phenoxy) is 1. The largest absolute Gasteiger partial charge is 0.367 e. The van der Waals surface area contributed by atoms with Gasteiger partial charge in [-0.05, 0) is 29.5 Å². The normalized spacial score (nSPS) is 18.0. The molecule has 1 N–H and O–H groups in total. The van der Waals surface area contributed by atoms with Gasteiger partial charge in [-0.25, -0.2) is 0 Å². The zero-order valence-corrected chi connectivity index (χ0v) is 12.1. The van der Waals surface area contributed by atoms with E-state index in [1.165, 1.54) is 11.1 Å². The number of aryl methyl sites for hydroxylation is 1. The second kappa shape index (κ2) is 6.10. The van der Waals surface area contributed by atoms with Gasteiger partial charge in [0.05, 0.1) is 6.04 Å². The summed E-state index contributed by atoms with van der Waals surface area (Å²) in [4.78, 5) is 12.5. The molecule has 0 bridgehead atoms. The number of benzene rings is 2. The molecule has 0 aromatic heterocycles. The van der Waals surface area contributed by atoms with Gasteiger partial charge in [0.1, 0.15) is 0 Å². The Labute approximate surface area is 124 Å². The van der Waals surface area contributed by atoms with Crippen molar-refractivity contribution in [3.8, 4) is 0 Å². The summed E-state index contributed by atoms with van der Waals surface area (Å²) >= 11 is 0. The van der Waals surface area contributed by atoms with Crippen LogP contribution in [-0.4, -0.2) is 13.0 Å². The van der Waals surface area contributed by atoms with E-state index in [-0.39, 0.29) is 11.9 Å². The van der Waals surface area contributed by atoms with E-state index in [1.54, 1.807) is 7.11 Å². The van der Waals surface area contributed by atoms with Gasteiger partial charge in [-0.15, -0.1) is 0 Å². The molecule has 0 fully saturated rings. The van der Waals surface area contributed by atoms with Crippen LogP contribution in [0.4, 0.5) is 0 Å². The molecule has 0 saturated carbocycles. The Hall–Kier alpha value is -2.13. The summed E-state index contributed by atoms with van der Waals surface area (Å²) in [7, 11) is 1.57. The first-order chi connectivity index (χ1) is 10.3. The summed E-state index contributed by atoms with van der Waals surface area (Å²) in [5.41, 5.74) is 3.44. The molecular weight excluding hydrogens is 262 g/mol. The SMILES string of the molecule is COC(C(=O)N[C@H]1CCc2ccccc21)c1ccccc1. The average Bonchev–Trinajstić information content (AvgIpc) is 2.92. The van der Waals surface area contributed by atoms with Gasteiger partial charge in [0.15, 0.2) is 6.10 Å². The van der Waals surface area contributed by atoms with Crippen LogP contribution in [0.1, 0.15) is 35.3 Å². The molecule has 0 saturated heterocycles. The average molecular weight is 281 g/mol. The summed E-state index contributed by atoms with van der Waals surface area (Å²) in [5, 5.41) is 3.12. The Bertz CT molecular complexity index is 624. The maximum absolute atomic E-state index is 12.5. The zero-order chi connectivity index (χ0) is 14.7. The van der Waals surface area contributed by atoms with Crippen LogP contribution in [0.3, 0.4) is 0 Å². The fourth-order valence-electron chi connectivity index (χ4n) is 2.98. The van der Waals surface area contributed by atoms with Crippen LogP contribution in [0, 0.1) is 0 Å². The van der Waals surface area contributed by atoms with E-state index in [0.29, 0.717) is 0 Å². The number of nitrogens with one attached hydrogen (secondary N) is 1. The van der Waals surface area contributed by atoms with Gasteiger partial charge < -0.3 is 10.1 Å². The van der Waals surface area contributed by atoms with Crippen LogP contribution < -0.4 is 5.32 Å². The molecule has 3 nitrogen and oxygen atoms in total. The van der Waals surface area contributed by atoms with Gasteiger partial charge in [-0.1, -0.05) is 54.6 Å². The topological polar surface area (TPSA) is 38.3 Å². The number of methoxy groups -OCH3 is 1. The molecule has 2 aromatic carbocycles. The predicted molar refractivity (Wildman–Crippen MR) is 81.8 cm³/mol. The van der Waals surface area contributed by atoms with Gasteiger partial charge in [-0.2, -0.15) is 0 Å². The van der Waals surface area contributed by atoms with Crippen molar-refractivity contribution in [2.45, 2.75) is 25.0 Å². The minimum Gasteiger partial charge on any atom is -0.367 e. The highest BCUT2D eigenvalue weighted by Crippen LogP contribution is 2.31. The molecule has 3 rings (SSSR count). The van der Waals surface area contributed by atoms with Crippen molar-refractivity contribution >= 4 is 5.91 Å². The number of amides is 1. The Balaban J connectivity index is 1.75. The lowest BCUT2D eigenvalue weighted by atomic mass is 10.1.